The average molecular weight is 352 g/mol. The summed E-state index contributed by atoms with van der Waals surface area (Å²) in [6, 6.07) is 18.1. The molecule has 0 aliphatic heterocycles. The van der Waals surface area contributed by atoms with Gasteiger partial charge in [-0.25, -0.2) is 0 Å². The van der Waals surface area contributed by atoms with Gasteiger partial charge < -0.3 is 9.88 Å². The normalized spacial score (nSPS) is 10.6. The number of carbonyl (C=O) groups is 1. The lowest BCUT2D eigenvalue weighted by atomic mass is 10.0. The van der Waals surface area contributed by atoms with Crippen molar-refractivity contribution in [3.63, 3.8) is 0 Å². The Bertz CT molecular complexity index is 832. The summed E-state index contributed by atoms with van der Waals surface area (Å²) in [5.74, 6) is 0.259. The standard InChI is InChI=1S/C19H20N4OS/c1-2-23-14-20-22-19(23)25-13-18(24)21-17-11-7-6-10-16(17)12-15-8-4-3-5-9-15/h3-11,14H,2,12-13H2,1H3,(H,21,24). The van der Waals surface area contributed by atoms with Gasteiger partial charge in [0.1, 0.15) is 6.33 Å². The average Bonchev–Trinajstić information content (AvgIpc) is 3.10. The van der Waals surface area contributed by atoms with Crippen LogP contribution in [0.25, 0.3) is 0 Å². The molecule has 0 radical (unpaired) electrons. The number of rotatable bonds is 7. The molecule has 3 aromatic rings. The van der Waals surface area contributed by atoms with Crippen molar-refractivity contribution in [2.75, 3.05) is 11.1 Å². The van der Waals surface area contributed by atoms with E-state index in [2.05, 4.69) is 27.6 Å². The lowest BCUT2D eigenvalue weighted by Gasteiger charge is -2.11. The fourth-order valence-corrected chi connectivity index (χ4v) is 3.28. The number of para-hydroxylation sites is 1. The first-order valence-electron chi connectivity index (χ1n) is 8.18. The van der Waals surface area contributed by atoms with E-state index in [1.807, 2.05) is 54.0 Å². The Morgan fingerprint density at radius 1 is 1.12 bits per heavy atom. The van der Waals surface area contributed by atoms with Gasteiger partial charge in [0.05, 0.1) is 5.75 Å². The third-order valence-electron chi connectivity index (χ3n) is 3.78. The summed E-state index contributed by atoms with van der Waals surface area (Å²) < 4.78 is 1.92. The Labute approximate surface area is 151 Å². The lowest BCUT2D eigenvalue weighted by Crippen LogP contribution is -2.16. The molecule has 2 aromatic carbocycles. The molecule has 6 heteroatoms. The number of carbonyl (C=O) groups excluding carboxylic acids is 1. The van der Waals surface area contributed by atoms with Crippen molar-refractivity contribution in [3.8, 4) is 0 Å². The first kappa shape index (κ1) is 17.2. The smallest absolute Gasteiger partial charge is 0.234 e. The number of anilines is 1. The highest BCUT2D eigenvalue weighted by Crippen LogP contribution is 2.20. The van der Waals surface area contributed by atoms with E-state index in [1.165, 1.54) is 17.3 Å². The summed E-state index contributed by atoms with van der Waals surface area (Å²) in [4.78, 5) is 12.3. The van der Waals surface area contributed by atoms with Crippen LogP contribution in [0.3, 0.4) is 0 Å². The summed E-state index contributed by atoms with van der Waals surface area (Å²) in [7, 11) is 0. The van der Waals surface area contributed by atoms with Gasteiger partial charge >= 0.3 is 0 Å². The number of hydrogen-bond acceptors (Lipinski definition) is 4. The van der Waals surface area contributed by atoms with E-state index in [9.17, 15) is 4.79 Å². The molecule has 1 heterocycles. The van der Waals surface area contributed by atoms with Gasteiger partial charge in [0.15, 0.2) is 5.16 Å². The van der Waals surface area contributed by atoms with Crippen molar-refractivity contribution in [2.45, 2.75) is 25.0 Å². The molecule has 5 nitrogen and oxygen atoms in total. The van der Waals surface area contributed by atoms with Crippen LogP contribution in [0, 0.1) is 0 Å². The van der Waals surface area contributed by atoms with Crippen LogP contribution in [0.2, 0.25) is 0 Å². The molecule has 1 aromatic heterocycles. The van der Waals surface area contributed by atoms with Gasteiger partial charge in [-0.15, -0.1) is 10.2 Å². The van der Waals surface area contributed by atoms with E-state index in [4.69, 9.17) is 0 Å². The summed E-state index contributed by atoms with van der Waals surface area (Å²) >= 11 is 1.39. The van der Waals surface area contributed by atoms with Crippen molar-refractivity contribution < 1.29 is 4.79 Å². The van der Waals surface area contributed by atoms with Crippen molar-refractivity contribution in [2.24, 2.45) is 0 Å². The van der Waals surface area contributed by atoms with Gasteiger partial charge in [-0.05, 0) is 30.5 Å². The molecule has 0 saturated heterocycles. The molecule has 0 aliphatic rings. The van der Waals surface area contributed by atoms with Crippen LogP contribution in [0.4, 0.5) is 5.69 Å². The molecular formula is C19H20N4OS. The van der Waals surface area contributed by atoms with Crippen molar-refractivity contribution in [1.29, 1.82) is 0 Å². The van der Waals surface area contributed by atoms with Crippen LogP contribution in [-0.4, -0.2) is 26.4 Å². The number of nitrogens with one attached hydrogen (secondary N) is 1. The molecule has 3 rings (SSSR count). The van der Waals surface area contributed by atoms with Crippen molar-refractivity contribution >= 4 is 23.4 Å². The van der Waals surface area contributed by atoms with Gasteiger partial charge in [-0.2, -0.15) is 0 Å². The first-order valence-corrected chi connectivity index (χ1v) is 9.17. The fraction of sp³-hybridized carbons (Fsp3) is 0.211. The molecular weight excluding hydrogens is 332 g/mol. The third-order valence-corrected chi connectivity index (χ3v) is 4.76. The Morgan fingerprint density at radius 3 is 2.68 bits per heavy atom. The number of amides is 1. The molecule has 0 bridgehead atoms. The maximum Gasteiger partial charge on any atom is 0.234 e. The molecule has 0 spiro atoms. The summed E-state index contributed by atoms with van der Waals surface area (Å²) in [5.41, 5.74) is 3.17. The highest BCUT2D eigenvalue weighted by molar-refractivity contribution is 7.99. The first-order chi connectivity index (χ1) is 12.3. The maximum atomic E-state index is 12.3. The minimum absolute atomic E-state index is 0.0452. The van der Waals surface area contributed by atoms with E-state index in [-0.39, 0.29) is 5.91 Å². The highest BCUT2D eigenvalue weighted by atomic mass is 32.2. The molecule has 0 aliphatic carbocycles. The molecule has 0 unspecified atom stereocenters. The van der Waals surface area contributed by atoms with E-state index in [1.54, 1.807) is 6.33 Å². The van der Waals surface area contributed by atoms with E-state index >= 15 is 0 Å². The van der Waals surface area contributed by atoms with E-state index in [0.717, 1.165) is 29.4 Å². The van der Waals surface area contributed by atoms with Gasteiger partial charge in [-0.3, -0.25) is 4.79 Å². The zero-order chi connectivity index (χ0) is 17.5. The van der Waals surface area contributed by atoms with Crippen LogP contribution < -0.4 is 5.32 Å². The second-order valence-corrected chi connectivity index (χ2v) is 6.50. The Hall–Kier alpha value is -2.60. The third kappa shape index (κ3) is 4.70. The quantitative estimate of drug-likeness (QED) is 0.660. The predicted octanol–water partition coefficient (Wildman–Crippen LogP) is 3.62. The lowest BCUT2D eigenvalue weighted by molar-refractivity contribution is -0.113. The Morgan fingerprint density at radius 2 is 1.88 bits per heavy atom. The number of benzene rings is 2. The number of thioether (sulfide) groups is 1. The minimum Gasteiger partial charge on any atom is -0.325 e. The molecule has 0 fully saturated rings. The summed E-state index contributed by atoms with van der Waals surface area (Å²) in [6.07, 6.45) is 2.46. The van der Waals surface area contributed by atoms with Gasteiger partial charge in [0.2, 0.25) is 5.91 Å². The van der Waals surface area contributed by atoms with Gasteiger partial charge in [-0.1, -0.05) is 60.3 Å². The molecule has 25 heavy (non-hydrogen) atoms. The van der Waals surface area contributed by atoms with Crippen molar-refractivity contribution in [3.05, 3.63) is 72.1 Å². The zero-order valence-electron chi connectivity index (χ0n) is 14.1. The molecule has 0 saturated carbocycles. The maximum absolute atomic E-state index is 12.3. The van der Waals surface area contributed by atoms with E-state index in [0.29, 0.717) is 5.75 Å². The van der Waals surface area contributed by atoms with Crippen LogP contribution in [0.15, 0.2) is 66.1 Å². The van der Waals surface area contributed by atoms with Gasteiger partial charge in [0, 0.05) is 12.2 Å². The minimum atomic E-state index is -0.0452. The summed E-state index contributed by atoms with van der Waals surface area (Å²) in [5, 5.41) is 11.7. The van der Waals surface area contributed by atoms with Crippen molar-refractivity contribution in [1.82, 2.24) is 14.8 Å². The zero-order valence-corrected chi connectivity index (χ0v) is 14.9. The topological polar surface area (TPSA) is 59.8 Å². The predicted molar refractivity (Wildman–Crippen MR) is 101 cm³/mol. The Balaban J connectivity index is 1.63. The van der Waals surface area contributed by atoms with Gasteiger partial charge in [0.25, 0.3) is 0 Å². The molecule has 128 valence electrons. The SMILES string of the molecule is CCn1cnnc1SCC(=O)Nc1ccccc1Cc1ccccc1. The second kappa shape index (κ2) is 8.48. The number of hydrogen-bond donors (Lipinski definition) is 1. The number of aryl methyl sites for hydroxylation is 1. The number of nitrogens with zero attached hydrogens (tertiary/aromatic N) is 3. The molecule has 0 atom stereocenters. The van der Waals surface area contributed by atoms with Crippen LogP contribution >= 0.6 is 11.8 Å². The van der Waals surface area contributed by atoms with Crippen LogP contribution in [-0.2, 0) is 17.8 Å². The second-order valence-electron chi connectivity index (χ2n) is 5.56. The fourth-order valence-electron chi connectivity index (χ4n) is 2.50. The molecule has 1 amide bonds. The highest BCUT2D eigenvalue weighted by Gasteiger charge is 2.10. The Kier molecular flexibility index (Phi) is 5.85. The largest absolute Gasteiger partial charge is 0.325 e. The van der Waals surface area contributed by atoms with Crippen LogP contribution in [0.5, 0.6) is 0 Å². The van der Waals surface area contributed by atoms with E-state index < -0.39 is 0 Å². The monoisotopic (exact) mass is 352 g/mol. The summed E-state index contributed by atoms with van der Waals surface area (Å²) in [6.45, 7) is 2.81. The van der Waals surface area contributed by atoms with Crippen LogP contribution in [0.1, 0.15) is 18.1 Å². The number of aromatic nitrogens is 3. The molecule has 1 N–H and O–H groups in total.